The lowest BCUT2D eigenvalue weighted by atomic mass is 10.1. The lowest BCUT2D eigenvalue weighted by Crippen LogP contribution is -2.07. The number of aromatic nitrogens is 5. The van der Waals surface area contributed by atoms with Crippen molar-refractivity contribution in [3.05, 3.63) is 46.8 Å². The van der Waals surface area contributed by atoms with Crippen LogP contribution in [0.5, 0.6) is 0 Å². The number of hydrogen-bond acceptors (Lipinski definition) is 5. The second kappa shape index (κ2) is 6.10. The van der Waals surface area contributed by atoms with Crippen LogP contribution in [-0.2, 0) is 4.74 Å². The first-order chi connectivity index (χ1) is 10.7. The van der Waals surface area contributed by atoms with E-state index in [1.54, 1.807) is 17.8 Å². The van der Waals surface area contributed by atoms with Gasteiger partial charge in [-0.05, 0) is 28.9 Å². The Labute approximate surface area is 134 Å². The third-order valence-electron chi connectivity index (χ3n) is 2.97. The molecule has 0 atom stereocenters. The maximum atomic E-state index is 12.0. The number of esters is 1. The summed E-state index contributed by atoms with van der Waals surface area (Å²) in [7, 11) is 0. The summed E-state index contributed by atoms with van der Waals surface area (Å²) in [5, 5.41) is 14.7. The normalized spacial score (nSPS) is 10.6. The maximum Gasteiger partial charge on any atom is 0.361 e. The topological polar surface area (TPSA) is 85.7 Å². The van der Waals surface area contributed by atoms with Gasteiger partial charge < -0.3 is 4.74 Å². The molecule has 0 unspecified atom stereocenters. The Morgan fingerprint density at radius 1 is 1.36 bits per heavy atom. The van der Waals surface area contributed by atoms with Crippen LogP contribution in [0.15, 0.2) is 41.1 Å². The number of ether oxygens (including phenoxy) is 1. The van der Waals surface area contributed by atoms with Crippen LogP contribution in [0.2, 0.25) is 0 Å². The van der Waals surface area contributed by atoms with Crippen LogP contribution in [-0.4, -0.2) is 37.8 Å². The first-order valence-electron chi connectivity index (χ1n) is 6.58. The third-order valence-corrected chi connectivity index (χ3v) is 3.38. The highest BCUT2D eigenvalue weighted by atomic mass is 79.9. The second-order valence-electron chi connectivity index (χ2n) is 4.36. The van der Waals surface area contributed by atoms with Gasteiger partial charge in [0.1, 0.15) is 5.69 Å². The summed E-state index contributed by atoms with van der Waals surface area (Å²) in [5.74, 6) is -0.511. The van der Waals surface area contributed by atoms with Gasteiger partial charge in [-0.25, -0.2) is 9.48 Å². The predicted molar refractivity (Wildman–Crippen MR) is 82.6 cm³/mol. The van der Waals surface area contributed by atoms with E-state index in [9.17, 15) is 4.79 Å². The largest absolute Gasteiger partial charge is 0.461 e. The zero-order valence-corrected chi connectivity index (χ0v) is 13.2. The second-order valence-corrected chi connectivity index (χ2v) is 5.28. The molecule has 0 aliphatic rings. The summed E-state index contributed by atoms with van der Waals surface area (Å²) >= 11 is 3.37. The van der Waals surface area contributed by atoms with Crippen LogP contribution in [0.25, 0.3) is 16.9 Å². The molecule has 2 aromatic heterocycles. The standard InChI is InChI=1S/C14H12BrN5O2/c1-2-22-14(21)13-12(17-19-18-13)10-5-3-4-6-11(10)20-8-9(15)7-16-20/h3-8H,2H2,1H3,(H,17,18,19). The number of rotatable bonds is 4. The van der Waals surface area contributed by atoms with Gasteiger partial charge in [0.05, 0.1) is 23.0 Å². The van der Waals surface area contributed by atoms with E-state index in [0.29, 0.717) is 5.69 Å². The molecule has 3 aromatic rings. The fraction of sp³-hybridized carbons (Fsp3) is 0.143. The van der Waals surface area contributed by atoms with E-state index in [1.807, 2.05) is 30.5 Å². The molecular formula is C14H12BrN5O2. The number of aromatic amines is 1. The highest BCUT2D eigenvalue weighted by Crippen LogP contribution is 2.27. The number of H-pyrrole nitrogens is 1. The molecule has 0 spiro atoms. The molecule has 0 aliphatic heterocycles. The van der Waals surface area contributed by atoms with Crippen molar-refractivity contribution < 1.29 is 9.53 Å². The first-order valence-corrected chi connectivity index (χ1v) is 7.38. The van der Waals surface area contributed by atoms with Crippen molar-refractivity contribution in [2.24, 2.45) is 0 Å². The zero-order valence-electron chi connectivity index (χ0n) is 11.7. The SMILES string of the molecule is CCOC(=O)c1n[nH]nc1-c1ccccc1-n1cc(Br)cn1. The Kier molecular flexibility index (Phi) is 4.01. The first kappa shape index (κ1) is 14.5. The number of hydrogen-bond donors (Lipinski definition) is 1. The summed E-state index contributed by atoms with van der Waals surface area (Å²) < 4.78 is 7.56. The van der Waals surface area contributed by atoms with Gasteiger partial charge in [0, 0.05) is 11.8 Å². The number of nitrogens with zero attached hydrogens (tertiary/aromatic N) is 4. The van der Waals surface area contributed by atoms with E-state index in [1.165, 1.54) is 0 Å². The summed E-state index contributed by atoms with van der Waals surface area (Å²) in [6.45, 7) is 2.02. The van der Waals surface area contributed by atoms with E-state index >= 15 is 0 Å². The number of carbonyl (C=O) groups excluding carboxylic acids is 1. The molecule has 0 radical (unpaired) electrons. The molecule has 8 heteroatoms. The average molecular weight is 362 g/mol. The lowest BCUT2D eigenvalue weighted by Gasteiger charge is -2.08. The highest BCUT2D eigenvalue weighted by Gasteiger charge is 2.21. The number of benzene rings is 1. The van der Waals surface area contributed by atoms with Crippen molar-refractivity contribution in [1.29, 1.82) is 0 Å². The summed E-state index contributed by atoms with van der Waals surface area (Å²) in [6.07, 6.45) is 3.51. The molecule has 0 aliphatic carbocycles. The van der Waals surface area contributed by atoms with Crippen molar-refractivity contribution in [2.45, 2.75) is 6.92 Å². The Bertz CT molecular complexity index is 811. The Balaban J connectivity index is 2.11. The minimum absolute atomic E-state index is 0.153. The van der Waals surface area contributed by atoms with Crippen LogP contribution in [0.4, 0.5) is 0 Å². The summed E-state index contributed by atoms with van der Waals surface area (Å²) in [6, 6.07) is 7.49. The quantitative estimate of drug-likeness (QED) is 0.721. The molecule has 7 nitrogen and oxygen atoms in total. The van der Waals surface area contributed by atoms with Crippen molar-refractivity contribution in [1.82, 2.24) is 25.2 Å². The number of para-hydroxylation sites is 1. The van der Waals surface area contributed by atoms with Gasteiger partial charge in [-0.1, -0.05) is 18.2 Å². The molecule has 1 aromatic carbocycles. The Hall–Kier alpha value is -2.48. The summed E-state index contributed by atoms with van der Waals surface area (Å²) in [4.78, 5) is 12.0. The molecule has 0 fully saturated rings. The maximum absolute atomic E-state index is 12.0. The number of carbonyl (C=O) groups is 1. The minimum Gasteiger partial charge on any atom is -0.461 e. The molecule has 0 bridgehead atoms. The molecule has 0 saturated heterocycles. The Morgan fingerprint density at radius 2 is 2.18 bits per heavy atom. The van der Waals surface area contributed by atoms with Gasteiger partial charge in [0.15, 0.2) is 5.69 Å². The van der Waals surface area contributed by atoms with Gasteiger partial charge in [-0.2, -0.15) is 15.4 Å². The summed E-state index contributed by atoms with van der Waals surface area (Å²) in [5.41, 5.74) is 2.10. The molecule has 112 valence electrons. The van der Waals surface area contributed by atoms with Crippen LogP contribution in [0.1, 0.15) is 17.4 Å². The lowest BCUT2D eigenvalue weighted by molar-refractivity contribution is 0.0520. The van der Waals surface area contributed by atoms with Crippen molar-refractivity contribution in [3.63, 3.8) is 0 Å². The van der Waals surface area contributed by atoms with Crippen molar-refractivity contribution in [2.75, 3.05) is 6.61 Å². The van der Waals surface area contributed by atoms with Gasteiger partial charge in [0.25, 0.3) is 0 Å². The van der Waals surface area contributed by atoms with Crippen LogP contribution >= 0.6 is 15.9 Å². The molecule has 22 heavy (non-hydrogen) atoms. The van der Waals surface area contributed by atoms with E-state index in [-0.39, 0.29) is 12.3 Å². The van der Waals surface area contributed by atoms with E-state index < -0.39 is 5.97 Å². The van der Waals surface area contributed by atoms with E-state index in [2.05, 4.69) is 36.4 Å². The third kappa shape index (κ3) is 2.64. The smallest absolute Gasteiger partial charge is 0.361 e. The van der Waals surface area contributed by atoms with Gasteiger partial charge >= 0.3 is 5.97 Å². The van der Waals surface area contributed by atoms with Crippen LogP contribution < -0.4 is 0 Å². The number of halogens is 1. The van der Waals surface area contributed by atoms with Gasteiger partial charge in [-0.15, -0.1) is 5.10 Å². The fourth-order valence-corrected chi connectivity index (χ4v) is 2.35. The van der Waals surface area contributed by atoms with Crippen LogP contribution in [0, 0.1) is 0 Å². The highest BCUT2D eigenvalue weighted by molar-refractivity contribution is 9.10. The number of nitrogens with one attached hydrogen (secondary N) is 1. The Morgan fingerprint density at radius 3 is 2.91 bits per heavy atom. The average Bonchev–Trinajstić information content (AvgIpc) is 3.16. The van der Waals surface area contributed by atoms with Gasteiger partial charge in [0.2, 0.25) is 0 Å². The van der Waals surface area contributed by atoms with Crippen molar-refractivity contribution in [3.8, 4) is 16.9 Å². The van der Waals surface area contributed by atoms with E-state index in [0.717, 1.165) is 15.7 Å². The minimum atomic E-state index is -0.511. The molecule has 0 saturated carbocycles. The fourth-order valence-electron chi connectivity index (χ4n) is 2.07. The van der Waals surface area contributed by atoms with Crippen molar-refractivity contribution >= 4 is 21.9 Å². The molecule has 0 amide bonds. The van der Waals surface area contributed by atoms with E-state index in [4.69, 9.17) is 4.74 Å². The van der Waals surface area contributed by atoms with Crippen LogP contribution in [0.3, 0.4) is 0 Å². The molecule has 1 N–H and O–H groups in total. The zero-order chi connectivity index (χ0) is 15.5. The predicted octanol–water partition coefficient (Wildman–Crippen LogP) is 2.60. The van der Waals surface area contributed by atoms with Gasteiger partial charge in [-0.3, -0.25) is 0 Å². The monoisotopic (exact) mass is 361 g/mol. The molecule has 2 heterocycles. The molecule has 3 rings (SSSR count). The molecular weight excluding hydrogens is 350 g/mol.